The molecule has 176 valence electrons. The van der Waals surface area contributed by atoms with Crippen LogP contribution < -0.4 is 10.1 Å². The summed E-state index contributed by atoms with van der Waals surface area (Å²) in [5.74, 6) is 0.820. The lowest BCUT2D eigenvalue weighted by molar-refractivity contribution is -0.00779. The highest BCUT2D eigenvalue weighted by Gasteiger charge is 1.96. The van der Waals surface area contributed by atoms with Crippen molar-refractivity contribution in [1.82, 2.24) is 0 Å². The number of rotatable bonds is 18. The molecule has 7 heteroatoms. The second kappa shape index (κ2) is 17.2. The van der Waals surface area contributed by atoms with E-state index in [1.165, 1.54) is 0 Å². The van der Waals surface area contributed by atoms with Crippen LogP contribution in [0, 0.1) is 0 Å². The smallest absolute Gasteiger partial charge is 0.119 e. The lowest BCUT2D eigenvalue weighted by Crippen LogP contribution is -2.14. The standard InChI is InChI=1S/C25H35NO6/c1-26-24-8-4-22(5-9-24)2-3-23-6-10-25(11-7-23)32-21-20-31-19-18-30-17-16-29-15-14-28-13-12-27/h2-11,26-27H,12-21H2,1H3/b3-2+. The highest BCUT2D eigenvalue weighted by Crippen LogP contribution is 2.15. The molecule has 2 rings (SSSR count). The van der Waals surface area contributed by atoms with Gasteiger partial charge in [0.05, 0.1) is 59.5 Å². The largest absolute Gasteiger partial charge is 0.491 e. The van der Waals surface area contributed by atoms with Crippen molar-refractivity contribution in [2.75, 3.05) is 78.4 Å². The van der Waals surface area contributed by atoms with Crippen LogP contribution in [-0.2, 0) is 18.9 Å². The van der Waals surface area contributed by atoms with Crippen molar-refractivity contribution in [2.24, 2.45) is 0 Å². The molecule has 0 aromatic heterocycles. The van der Waals surface area contributed by atoms with Crippen LogP contribution >= 0.6 is 0 Å². The Hall–Kier alpha value is -2.42. The van der Waals surface area contributed by atoms with Crippen LogP contribution in [0.2, 0.25) is 0 Å². The van der Waals surface area contributed by atoms with E-state index in [4.69, 9.17) is 28.8 Å². The fourth-order valence-corrected chi connectivity index (χ4v) is 2.67. The molecule has 0 aliphatic rings. The summed E-state index contributed by atoms with van der Waals surface area (Å²) in [6.07, 6.45) is 4.17. The third-order valence-corrected chi connectivity index (χ3v) is 4.40. The fourth-order valence-electron chi connectivity index (χ4n) is 2.67. The Morgan fingerprint density at radius 3 is 1.53 bits per heavy atom. The molecular weight excluding hydrogens is 410 g/mol. The Kier molecular flexibility index (Phi) is 13.9. The van der Waals surface area contributed by atoms with Crippen molar-refractivity contribution in [1.29, 1.82) is 0 Å². The van der Waals surface area contributed by atoms with Gasteiger partial charge in [0.2, 0.25) is 0 Å². The summed E-state index contributed by atoms with van der Waals surface area (Å²) in [7, 11) is 1.91. The summed E-state index contributed by atoms with van der Waals surface area (Å²) in [5.41, 5.74) is 3.37. The minimum atomic E-state index is 0.0333. The molecule has 0 unspecified atom stereocenters. The quantitative estimate of drug-likeness (QED) is 0.269. The Morgan fingerprint density at radius 2 is 1.06 bits per heavy atom. The first-order chi connectivity index (χ1) is 15.8. The third-order valence-electron chi connectivity index (χ3n) is 4.40. The lowest BCUT2D eigenvalue weighted by Gasteiger charge is -2.08. The number of ether oxygens (including phenoxy) is 5. The first kappa shape index (κ1) is 25.8. The number of hydrogen-bond donors (Lipinski definition) is 2. The van der Waals surface area contributed by atoms with Gasteiger partial charge >= 0.3 is 0 Å². The van der Waals surface area contributed by atoms with Crippen molar-refractivity contribution in [3.63, 3.8) is 0 Å². The molecule has 0 heterocycles. The van der Waals surface area contributed by atoms with E-state index >= 15 is 0 Å². The molecule has 0 atom stereocenters. The van der Waals surface area contributed by atoms with E-state index in [0.29, 0.717) is 59.5 Å². The zero-order valence-corrected chi connectivity index (χ0v) is 18.8. The van der Waals surface area contributed by atoms with E-state index in [1.54, 1.807) is 0 Å². The Balaban J connectivity index is 1.47. The minimum absolute atomic E-state index is 0.0333. The third kappa shape index (κ3) is 11.8. The first-order valence-electron chi connectivity index (χ1n) is 10.9. The van der Waals surface area contributed by atoms with Gasteiger partial charge in [-0.1, -0.05) is 36.4 Å². The summed E-state index contributed by atoms with van der Waals surface area (Å²) < 4.78 is 27.0. The van der Waals surface area contributed by atoms with E-state index < -0.39 is 0 Å². The van der Waals surface area contributed by atoms with Crippen molar-refractivity contribution < 1.29 is 28.8 Å². The van der Waals surface area contributed by atoms with Crippen LogP contribution in [-0.4, -0.2) is 78.2 Å². The zero-order valence-electron chi connectivity index (χ0n) is 18.8. The van der Waals surface area contributed by atoms with Crippen LogP contribution in [0.15, 0.2) is 48.5 Å². The summed E-state index contributed by atoms with van der Waals surface area (Å²) >= 11 is 0. The van der Waals surface area contributed by atoms with Crippen molar-refractivity contribution >= 4 is 17.8 Å². The van der Waals surface area contributed by atoms with E-state index in [2.05, 4.69) is 41.7 Å². The first-order valence-corrected chi connectivity index (χ1v) is 10.9. The number of aliphatic hydroxyl groups is 1. The number of nitrogens with one attached hydrogen (secondary N) is 1. The van der Waals surface area contributed by atoms with Crippen LogP contribution in [0.25, 0.3) is 12.2 Å². The lowest BCUT2D eigenvalue weighted by atomic mass is 10.1. The van der Waals surface area contributed by atoms with Crippen molar-refractivity contribution in [3.8, 4) is 5.75 Å². The fraction of sp³-hybridized carbons (Fsp3) is 0.440. The summed E-state index contributed by atoms with van der Waals surface area (Å²) in [5, 5.41) is 11.7. The molecule has 7 nitrogen and oxygen atoms in total. The van der Waals surface area contributed by atoms with Gasteiger partial charge in [0.15, 0.2) is 0 Å². The zero-order chi connectivity index (χ0) is 22.7. The summed E-state index contributed by atoms with van der Waals surface area (Å²) in [6, 6.07) is 16.3. The Labute approximate surface area is 190 Å². The second-order valence-corrected chi connectivity index (χ2v) is 6.80. The van der Waals surface area contributed by atoms with Gasteiger partial charge in [0, 0.05) is 12.7 Å². The van der Waals surface area contributed by atoms with Gasteiger partial charge in [-0.05, 0) is 35.4 Å². The maximum absolute atomic E-state index is 8.57. The molecule has 0 saturated carbocycles. The number of benzene rings is 2. The molecule has 0 bridgehead atoms. The molecular formula is C25H35NO6. The number of hydrogen-bond acceptors (Lipinski definition) is 7. The molecule has 2 N–H and O–H groups in total. The van der Waals surface area contributed by atoms with Crippen molar-refractivity contribution in [2.45, 2.75) is 0 Å². The average Bonchev–Trinajstić information content (AvgIpc) is 2.84. The van der Waals surface area contributed by atoms with E-state index in [1.807, 2.05) is 31.3 Å². The predicted octanol–water partition coefficient (Wildman–Crippen LogP) is 3.34. The maximum atomic E-state index is 8.57. The highest BCUT2D eigenvalue weighted by molar-refractivity contribution is 5.70. The molecule has 0 radical (unpaired) electrons. The molecule has 32 heavy (non-hydrogen) atoms. The van der Waals surface area contributed by atoms with Gasteiger partial charge in [-0.15, -0.1) is 0 Å². The van der Waals surface area contributed by atoms with Gasteiger partial charge in [0.25, 0.3) is 0 Å². The molecule has 2 aromatic rings. The van der Waals surface area contributed by atoms with E-state index in [0.717, 1.165) is 22.6 Å². The monoisotopic (exact) mass is 445 g/mol. The summed E-state index contributed by atoms with van der Waals surface area (Å²) in [6.45, 7) is 4.42. The van der Waals surface area contributed by atoms with Gasteiger partial charge in [-0.2, -0.15) is 0 Å². The minimum Gasteiger partial charge on any atom is -0.491 e. The van der Waals surface area contributed by atoms with E-state index in [-0.39, 0.29) is 6.61 Å². The molecule has 0 spiro atoms. The second-order valence-electron chi connectivity index (χ2n) is 6.80. The summed E-state index contributed by atoms with van der Waals surface area (Å²) in [4.78, 5) is 0. The van der Waals surface area contributed by atoms with Gasteiger partial charge in [0.1, 0.15) is 12.4 Å². The molecule has 0 aliphatic heterocycles. The molecule has 0 amide bonds. The van der Waals surface area contributed by atoms with Crippen LogP contribution in [0.4, 0.5) is 5.69 Å². The van der Waals surface area contributed by atoms with Gasteiger partial charge in [-0.3, -0.25) is 0 Å². The molecule has 0 aliphatic carbocycles. The number of anilines is 1. The topological polar surface area (TPSA) is 78.4 Å². The van der Waals surface area contributed by atoms with Crippen LogP contribution in [0.3, 0.4) is 0 Å². The van der Waals surface area contributed by atoms with E-state index in [9.17, 15) is 0 Å². The van der Waals surface area contributed by atoms with Gasteiger partial charge < -0.3 is 34.1 Å². The number of aliphatic hydroxyl groups excluding tert-OH is 1. The van der Waals surface area contributed by atoms with Crippen LogP contribution in [0.5, 0.6) is 5.75 Å². The predicted molar refractivity (Wildman–Crippen MR) is 127 cm³/mol. The average molecular weight is 446 g/mol. The van der Waals surface area contributed by atoms with Gasteiger partial charge in [-0.25, -0.2) is 0 Å². The van der Waals surface area contributed by atoms with Crippen molar-refractivity contribution in [3.05, 3.63) is 59.7 Å². The normalized spacial score (nSPS) is 11.2. The molecule has 2 aromatic carbocycles. The molecule has 0 fully saturated rings. The molecule has 0 saturated heterocycles. The Bertz CT molecular complexity index is 733. The SMILES string of the molecule is CNc1ccc(/C=C/c2ccc(OCCOCCOCCOCCOCCO)cc2)cc1. The van der Waals surface area contributed by atoms with Crippen LogP contribution in [0.1, 0.15) is 11.1 Å². The Morgan fingerprint density at radius 1 is 0.625 bits per heavy atom. The maximum Gasteiger partial charge on any atom is 0.119 e. The highest BCUT2D eigenvalue weighted by atomic mass is 16.6.